The van der Waals surface area contributed by atoms with Gasteiger partial charge in [-0.2, -0.15) is 11.3 Å². The number of nitrogens with one attached hydrogen (secondary N) is 1. The lowest BCUT2D eigenvalue weighted by Gasteiger charge is -2.17. The summed E-state index contributed by atoms with van der Waals surface area (Å²) in [6, 6.07) is 0.702. The zero-order valence-electron chi connectivity index (χ0n) is 10.1. The molecule has 0 bridgehead atoms. The predicted molar refractivity (Wildman–Crippen MR) is 69.0 cm³/mol. The molecule has 1 N–H and O–H groups in total. The molecule has 2 fully saturated rings. The van der Waals surface area contributed by atoms with Gasteiger partial charge in [0, 0.05) is 19.1 Å². The minimum Gasteiger partial charge on any atom is -0.337 e. The molecule has 0 radical (unpaired) electrons. The Morgan fingerprint density at radius 3 is 2.88 bits per heavy atom. The summed E-state index contributed by atoms with van der Waals surface area (Å²) in [5.74, 6) is 0.294. The SMILES string of the molecule is Cc1cscc1CN1CCC(NC2CC2)C1=O. The molecule has 2 heterocycles. The number of hydrogen-bond donors (Lipinski definition) is 1. The van der Waals surface area contributed by atoms with Crippen LogP contribution < -0.4 is 5.32 Å². The van der Waals surface area contributed by atoms with Gasteiger partial charge in [-0.15, -0.1) is 0 Å². The largest absolute Gasteiger partial charge is 0.337 e. The fourth-order valence-corrected chi connectivity index (χ4v) is 3.19. The van der Waals surface area contributed by atoms with Crippen LogP contribution in [0.25, 0.3) is 0 Å². The highest BCUT2D eigenvalue weighted by Gasteiger charge is 2.35. The van der Waals surface area contributed by atoms with Crippen molar-refractivity contribution in [2.45, 2.75) is 44.8 Å². The van der Waals surface area contributed by atoms with Gasteiger partial charge in [0.05, 0.1) is 6.04 Å². The Bertz CT molecular complexity index is 425. The molecule has 2 aliphatic rings. The second kappa shape index (κ2) is 4.42. The zero-order chi connectivity index (χ0) is 11.8. The molecular weight excluding hydrogens is 232 g/mol. The van der Waals surface area contributed by atoms with Crippen LogP contribution in [-0.2, 0) is 11.3 Å². The molecule has 1 unspecified atom stereocenters. The molecule has 3 nitrogen and oxygen atoms in total. The predicted octanol–water partition coefficient (Wildman–Crippen LogP) is 1.91. The van der Waals surface area contributed by atoms with E-state index in [0.29, 0.717) is 11.9 Å². The number of rotatable bonds is 4. The monoisotopic (exact) mass is 250 g/mol. The van der Waals surface area contributed by atoms with E-state index in [1.165, 1.54) is 24.0 Å². The Morgan fingerprint density at radius 2 is 2.24 bits per heavy atom. The molecular formula is C13H18N2OS. The number of carbonyl (C=O) groups excluding carboxylic acids is 1. The standard InChI is InChI=1S/C13H18N2OS/c1-9-7-17-8-10(9)6-15-5-4-12(13(15)16)14-11-2-3-11/h7-8,11-12,14H,2-6H2,1H3. The van der Waals surface area contributed by atoms with E-state index in [9.17, 15) is 4.79 Å². The number of carbonyl (C=O) groups is 1. The van der Waals surface area contributed by atoms with Crippen molar-refractivity contribution in [1.29, 1.82) is 0 Å². The van der Waals surface area contributed by atoms with Crippen molar-refractivity contribution >= 4 is 17.2 Å². The molecule has 1 aromatic heterocycles. The molecule has 1 saturated carbocycles. The van der Waals surface area contributed by atoms with Crippen molar-refractivity contribution < 1.29 is 4.79 Å². The van der Waals surface area contributed by atoms with Crippen LogP contribution in [0.1, 0.15) is 30.4 Å². The van der Waals surface area contributed by atoms with Crippen LogP contribution in [0.5, 0.6) is 0 Å². The number of thiophene rings is 1. The van der Waals surface area contributed by atoms with Gasteiger partial charge in [0.15, 0.2) is 0 Å². The lowest BCUT2D eigenvalue weighted by atomic mass is 10.2. The highest BCUT2D eigenvalue weighted by Crippen LogP contribution is 2.24. The second-order valence-corrected chi connectivity index (χ2v) is 5.87. The summed E-state index contributed by atoms with van der Waals surface area (Å²) in [6.45, 7) is 3.81. The molecule has 1 aromatic rings. The van der Waals surface area contributed by atoms with Crippen molar-refractivity contribution in [3.63, 3.8) is 0 Å². The molecule has 1 aliphatic heterocycles. The first-order valence-electron chi connectivity index (χ1n) is 6.30. The lowest BCUT2D eigenvalue weighted by Crippen LogP contribution is -2.39. The van der Waals surface area contributed by atoms with Gasteiger partial charge < -0.3 is 10.2 Å². The van der Waals surface area contributed by atoms with Crippen molar-refractivity contribution in [1.82, 2.24) is 10.2 Å². The van der Waals surface area contributed by atoms with Gasteiger partial charge in [-0.05, 0) is 48.1 Å². The maximum absolute atomic E-state index is 12.2. The van der Waals surface area contributed by atoms with Crippen molar-refractivity contribution in [3.05, 3.63) is 21.9 Å². The highest BCUT2D eigenvalue weighted by molar-refractivity contribution is 7.08. The third-order valence-corrected chi connectivity index (χ3v) is 4.54. The van der Waals surface area contributed by atoms with Gasteiger partial charge in [-0.25, -0.2) is 0 Å². The third-order valence-electron chi connectivity index (χ3n) is 3.63. The number of nitrogens with zero attached hydrogens (tertiary/aromatic N) is 1. The number of amides is 1. The molecule has 1 atom stereocenters. The van der Waals surface area contributed by atoms with Gasteiger partial charge >= 0.3 is 0 Å². The van der Waals surface area contributed by atoms with Crippen LogP contribution in [0.15, 0.2) is 10.8 Å². The molecule has 0 aromatic carbocycles. The minimum atomic E-state index is 0.0847. The van der Waals surface area contributed by atoms with E-state index in [0.717, 1.165) is 19.5 Å². The van der Waals surface area contributed by atoms with Crippen molar-refractivity contribution in [3.8, 4) is 0 Å². The van der Waals surface area contributed by atoms with Gasteiger partial charge in [0.1, 0.15) is 0 Å². The molecule has 17 heavy (non-hydrogen) atoms. The molecule has 3 rings (SSSR count). The van der Waals surface area contributed by atoms with E-state index in [1.54, 1.807) is 11.3 Å². The van der Waals surface area contributed by atoms with E-state index in [-0.39, 0.29) is 6.04 Å². The van der Waals surface area contributed by atoms with E-state index in [4.69, 9.17) is 0 Å². The third kappa shape index (κ3) is 2.38. The van der Waals surface area contributed by atoms with Crippen LogP contribution in [0, 0.1) is 6.92 Å². The van der Waals surface area contributed by atoms with Gasteiger partial charge in [0.25, 0.3) is 0 Å². The van der Waals surface area contributed by atoms with Crippen LogP contribution in [-0.4, -0.2) is 29.4 Å². The molecule has 0 spiro atoms. The van der Waals surface area contributed by atoms with E-state index >= 15 is 0 Å². The smallest absolute Gasteiger partial charge is 0.240 e. The average Bonchev–Trinajstić information content (AvgIpc) is 2.96. The summed E-state index contributed by atoms with van der Waals surface area (Å²) in [6.07, 6.45) is 3.46. The van der Waals surface area contributed by atoms with E-state index in [1.807, 2.05) is 4.90 Å². The lowest BCUT2D eigenvalue weighted by molar-refractivity contribution is -0.129. The van der Waals surface area contributed by atoms with Crippen LogP contribution >= 0.6 is 11.3 Å². The maximum atomic E-state index is 12.2. The van der Waals surface area contributed by atoms with E-state index in [2.05, 4.69) is 23.0 Å². The number of hydrogen-bond acceptors (Lipinski definition) is 3. The Kier molecular flexibility index (Phi) is 2.92. The second-order valence-electron chi connectivity index (χ2n) is 5.12. The first-order chi connectivity index (χ1) is 8.24. The fraction of sp³-hybridized carbons (Fsp3) is 0.615. The first-order valence-corrected chi connectivity index (χ1v) is 7.25. The Morgan fingerprint density at radius 1 is 1.41 bits per heavy atom. The quantitative estimate of drug-likeness (QED) is 0.885. The summed E-state index contributed by atoms with van der Waals surface area (Å²) in [4.78, 5) is 14.2. The highest BCUT2D eigenvalue weighted by atomic mass is 32.1. The van der Waals surface area contributed by atoms with Gasteiger partial charge in [-0.1, -0.05) is 0 Å². The van der Waals surface area contributed by atoms with Crippen LogP contribution in [0.3, 0.4) is 0 Å². The molecule has 92 valence electrons. The Labute approximate surface area is 106 Å². The van der Waals surface area contributed by atoms with Crippen LogP contribution in [0.2, 0.25) is 0 Å². The molecule has 1 aliphatic carbocycles. The molecule has 1 amide bonds. The minimum absolute atomic E-state index is 0.0847. The normalized spacial score (nSPS) is 24.6. The molecule has 4 heteroatoms. The molecule has 1 saturated heterocycles. The summed E-state index contributed by atoms with van der Waals surface area (Å²) in [5, 5.41) is 7.74. The van der Waals surface area contributed by atoms with Crippen molar-refractivity contribution in [2.24, 2.45) is 0 Å². The Hall–Kier alpha value is -0.870. The van der Waals surface area contributed by atoms with Gasteiger partial charge in [-0.3, -0.25) is 4.79 Å². The average molecular weight is 250 g/mol. The summed E-state index contributed by atoms with van der Waals surface area (Å²) in [7, 11) is 0. The first kappa shape index (κ1) is 11.2. The Balaban J connectivity index is 1.61. The number of likely N-dealkylation sites (tertiary alicyclic amines) is 1. The maximum Gasteiger partial charge on any atom is 0.240 e. The van der Waals surface area contributed by atoms with Gasteiger partial charge in [0.2, 0.25) is 5.91 Å². The summed E-state index contributed by atoms with van der Waals surface area (Å²) < 4.78 is 0. The topological polar surface area (TPSA) is 32.3 Å². The fourth-order valence-electron chi connectivity index (χ4n) is 2.34. The number of aryl methyl sites for hydroxylation is 1. The summed E-state index contributed by atoms with van der Waals surface area (Å²) in [5.41, 5.74) is 2.61. The van der Waals surface area contributed by atoms with E-state index < -0.39 is 0 Å². The zero-order valence-corrected chi connectivity index (χ0v) is 10.9. The van der Waals surface area contributed by atoms with Crippen LogP contribution in [0.4, 0.5) is 0 Å². The van der Waals surface area contributed by atoms with Crippen molar-refractivity contribution in [2.75, 3.05) is 6.54 Å². The summed E-state index contributed by atoms with van der Waals surface area (Å²) >= 11 is 1.72.